The molecule has 0 spiro atoms. The van der Waals surface area contributed by atoms with Crippen molar-refractivity contribution in [3.63, 3.8) is 0 Å². The third-order valence-electron chi connectivity index (χ3n) is 4.11. The number of ether oxygens (including phenoxy) is 2. The fourth-order valence-corrected chi connectivity index (χ4v) is 2.57. The van der Waals surface area contributed by atoms with E-state index in [0.29, 0.717) is 6.61 Å². The molecule has 5 nitrogen and oxygen atoms in total. The first kappa shape index (κ1) is 15.8. The third-order valence-corrected chi connectivity index (χ3v) is 4.11. The molecule has 114 valence electrons. The Hall–Kier alpha value is -1.62. The molecule has 1 aliphatic rings. The second-order valence-electron chi connectivity index (χ2n) is 5.42. The van der Waals surface area contributed by atoms with Crippen molar-refractivity contribution < 1.29 is 13.9 Å². The number of azide groups is 1. The van der Waals surface area contributed by atoms with Gasteiger partial charge in [0.05, 0.1) is 19.3 Å². The average molecular weight is 293 g/mol. The summed E-state index contributed by atoms with van der Waals surface area (Å²) in [5, 5.41) is 3.48. The maximum Gasteiger partial charge on any atom is 0.225 e. The normalized spacial score (nSPS) is 32.4. The zero-order valence-electron chi connectivity index (χ0n) is 12.2. The van der Waals surface area contributed by atoms with Gasteiger partial charge in [0.2, 0.25) is 6.36 Å². The van der Waals surface area contributed by atoms with Crippen LogP contribution in [-0.4, -0.2) is 25.1 Å². The molecule has 0 aliphatic carbocycles. The maximum atomic E-state index is 14.2. The second-order valence-corrected chi connectivity index (χ2v) is 5.42. The van der Waals surface area contributed by atoms with Gasteiger partial charge in [-0.3, -0.25) is 0 Å². The van der Waals surface area contributed by atoms with Gasteiger partial charge >= 0.3 is 0 Å². The fourth-order valence-electron chi connectivity index (χ4n) is 2.57. The number of halogens is 1. The minimum absolute atomic E-state index is 0.0173. The molecule has 0 bridgehead atoms. The van der Waals surface area contributed by atoms with E-state index in [2.05, 4.69) is 10.0 Å². The van der Waals surface area contributed by atoms with E-state index in [1.165, 1.54) is 0 Å². The summed E-state index contributed by atoms with van der Waals surface area (Å²) in [4.78, 5) is 2.70. The van der Waals surface area contributed by atoms with Gasteiger partial charge in [0.1, 0.15) is 6.10 Å². The molecule has 1 aromatic carbocycles. The van der Waals surface area contributed by atoms with Crippen LogP contribution in [0.5, 0.6) is 0 Å². The summed E-state index contributed by atoms with van der Waals surface area (Å²) in [5.41, 5.74) is 9.36. The van der Waals surface area contributed by atoms with Crippen LogP contribution in [0.3, 0.4) is 0 Å². The first-order chi connectivity index (χ1) is 10.1. The number of nitrogens with zero attached hydrogens (tertiary/aromatic N) is 3. The Kier molecular flexibility index (Phi) is 5.56. The highest BCUT2D eigenvalue weighted by Crippen LogP contribution is 2.33. The number of hydrogen-bond acceptors (Lipinski definition) is 3. The molecule has 5 atom stereocenters. The quantitative estimate of drug-likeness (QED) is 0.470. The van der Waals surface area contributed by atoms with E-state index in [0.717, 1.165) is 5.56 Å². The molecule has 1 saturated heterocycles. The topological polar surface area (TPSA) is 67.2 Å². The van der Waals surface area contributed by atoms with Gasteiger partial charge in [0.15, 0.2) is 0 Å². The highest BCUT2D eigenvalue weighted by molar-refractivity contribution is 5.13. The van der Waals surface area contributed by atoms with Crippen LogP contribution in [-0.2, 0) is 16.1 Å². The van der Waals surface area contributed by atoms with Gasteiger partial charge in [-0.25, -0.2) is 4.39 Å². The first-order valence-corrected chi connectivity index (χ1v) is 7.09. The molecule has 0 N–H and O–H groups in total. The summed E-state index contributed by atoms with van der Waals surface area (Å²) in [6, 6.07) is 9.65. The summed E-state index contributed by atoms with van der Waals surface area (Å²) in [5.74, 6) is 0.0413. The molecule has 1 aliphatic heterocycles. The predicted octanol–water partition coefficient (Wildman–Crippen LogP) is 3.85. The van der Waals surface area contributed by atoms with Gasteiger partial charge in [-0.2, -0.15) is 0 Å². The zero-order chi connectivity index (χ0) is 15.2. The SMILES string of the molecule is C[C@@H]1C(OCc2ccccc2)C(F)OC(CN=[N+]=[N-])[C@@H]1C. The van der Waals surface area contributed by atoms with Crippen molar-refractivity contribution in [2.45, 2.75) is 39.0 Å². The predicted molar refractivity (Wildman–Crippen MR) is 77.1 cm³/mol. The van der Waals surface area contributed by atoms with E-state index >= 15 is 0 Å². The van der Waals surface area contributed by atoms with E-state index in [9.17, 15) is 4.39 Å². The van der Waals surface area contributed by atoms with E-state index in [1.54, 1.807) is 0 Å². The van der Waals surface area contributed by atoms with Crippen molar-refractivity contribution >= 4 is 0 Å². The Bertz CT molecular complexity index is 493. The summed E-state index contributed by atoms with van der Waals surface area (Å²) < 4.78 is 25.2. The lowest BCUT2D eigenvalue weighted by Crippen LogP contribution is -2.49. The Morgan fingerprint density at radius 1 is 1.29 bits per heavy atom. The van der Waals surface area contributed by atoms with E-state index < -0.39 is 18.6 Å². The van der Waals surface area contributed by atoms with Crippen LogP contribution >= 0.6 is 0 Å². The van der Waals surface area contributed by atoms with Crippen LogP contribution in [0, 0.1) is 11.8 Å². The standard InChI is InChI=1S/C15H20FN3O2/c1-10-11(2)14(15(16)21-13(10)8-18-19-17)20-9-12-6-4-3-5-7-12/h3-7,10-11,13-15H,8-9H2,1-2H3/t10-,11+,13?,14?,15?/m1/s1. The van der Waals surface area contributed by atoms with Crippen LogP contribution < -0.4 is 0 Å². The number of benzene rings is 1. The molecule has 6 heteroatoms. The number of rotatable bonds is 5. The van der Waals surface area contributed by atoms with Crippen molar-refractivity contribution in [3.05, 3.63) is 46.3 Å². The molecule has 1 fully saturated rings. The minimum Gasteiger partial charge on any atom is -0.368 e. The third kappa shape index (κ3) is 3.94. The van der Waals surface area contributed by atoms with Crippen LogP contribution in [0.1, 0.15) is 19.4 Å². The van der Waals surface area contributed by atoms with Gasteiger partial charge in [-0.05, 0) is 22.9 Å². The minimum atomic E-state index is -1.50. The Morgan fingerprint density at radius 3 is 2.67 bits per heavy atom. The highest BCUT2D eigenvalue weighted by Gasteiger charge is 2.42. The largest absolute Gasteiger partial charge is 0.368 e. The van der Waals surface area contributed by atoms with Crippen molar-refractivity contribution in [3.8, 4) is 0 Å². The lowest BCUT2D eigenvalue weighted by molar-refractivity contribution is -0.232. The van der Waals surface area contributed by atoms with Crippen molar-refractivity contribution in [1.29, 1.82) is 0 Å². The summed E-state index contributed by atoms with van der Waals surface area (Å²) in [6.07, 6.45) is -2.51. The van der Waals surface area contributed by atoms with Crippen molar-refractivity contribution in [2.75, 3.05) is 6.54 Å². The van der Waals surface area contributed by atoms with Gasteiger partial charge in [-0.15, -0.1) is 0 Å². The highest BCUT2D eigenvalue weighted by atomic mass is 19.1. The number of hydrogen-bond donors (Lipinski definition) is 0. The monoisotopic (exact) mass is 293 g/mol. The molecular formula is C15H20FN3O2. The molecule has 0 saturated carbocycles. The van der Waals surface area contributed by atoms with E-state index in [-0.39, 0.29) is 18.4 Å². The summed E-state index contributed by atoms with van der Waals surface area (Å²) >= 11 is 0. The molecule has 21 heavy (non-hydrogen) atoms. The smallest absolute Gasteiger partial charge is 0.225 e. The van der Waals surface area contributed by atoms with Gasteiger partial charge in [0, 0.05) is 4.91 Å². The molecule has 3 unspecified atom stereocenters. The van der Waals surface area contributed by atoms with Gasteiger partial charge in [-0.1, -0.05) is 49.3 Å². The van der Waals surface area contributed by atoms with E-state index in [1.807, 2.05) is 44.2 Å². The molecule has 1 heterocycles. The van der Waals surface area contributed by atoms with E-state index in [4.69, 9.17) is 15.0 Å². The maximum absolute atomic E-state index is 14.2. The van der Waals surface area contributed by atoms with Gasteiger partial charge < -0.3 is 9.47 Å². The fraction of sp³-hybridized carbons (Fsp3) is 0.600. The Balaban J connectivity index is 1.96. The molecule has 0 aromatic heterocycles. The molecule has 1 aromatic rings. The van der Waals surface area contributed by atoms with Gasteiger partial charge in [0.25, 0.3) is 0 Å². The van der Waals surface area contributed by atoms with Crippen molar-refractivity contribution in [2.24, 2.45) is 17.0 Å². The second kappa shape index (κ2) is 7.41. The zero-order valence-corrected chi connectivity index (χ0v) is 12.2. The lowest BCUT2D eigenvalue weighted by Gasteiger charge is -2.41. The van der Waals surface area contributed by atoms with Crippen molar-refractivity contribution in [1.82, 2.24) is 0 Å². The molecule has 0 amide bonds. The average Bonchev–Trinajstić information content (AvgIpc) is 2.50. The molecule has 2 rings (SSSR count). The lowest BCUT2D eigenvalue weighted by atomic mass is 9.83. The molecule has 0 radical (unpaired) electrons. The van der Waals surface area contributed by atoms with Crippen LogP contribution in [0.25, 0.3) is 10.4 Å². The first-order valence-electron chi connectivity index (χ1n) is 7.09. The number of alkyl halides is 1. The summed E-state index contributed by atoms with van der Waals surface area (Å²) in [7, 11) is 0. The van der Waals surface area contributed by atoms with Crippen LogP contribution in [0.15, 0.2) is 35.4 Å². The summed E-state index contributed by atoms with van der Waals surface area (Å²) in [6.45, 7) is 4.41. The van der Waals surface area contributed by atoms with Crippen LogP contribution in [0.4, 0.5) is 4.39 Å². The molecular weight excluding hydrogens is 273 g/mol. The Morgan fingerprint density at radius 2 is 2.00 bits per heavy atom. The van der Waals surface area contributed by atoms with Crippen LogP contribution in [0.2, 0.25) is 0 Å². The Labute approximate surface area is 123 Å².